The highest BCUT2D eigenvalue weighted by Gasteiger charge is 1.99. The standard InChI is InChI=1S/C14H27N3/c1-3-5-6-7-8-9-10-15-13-14-16-11-12-17(14)4-2/h11-12,15H,3-10,13H2,1-2H3. The summed E-state index contributed by atoms with van der Waals surface area (Å²) < 4.78 is 2.19. The van der Waals surface area contributed by atoms with Crippen LogP contribution in [0, 0.1) is 0 Å². The first-order valence-electron chi connectivity index (χ1n) is 7.09. The van der Waals surface area contributed by atoms with Gasteiger partial charge in [-0.15, -0.1) is 0 Å². The summed E-state index contributed by atoms with van der Waals surface area (Å²) in [6.45, 7) is 7.43. The maximum Gasteiger partial charge on any atom is 0.122 e. The van der Waals surface area contributed by atoms with Gasteiger partial charge in [0.15, 0.2) is 0 Å². The second kappa shape index (κ2) is 9.23. The van der Waals surface area contributed by atoms with Crippen LogP contribution in [0.3, 0.4) is 0 Å². The Morgan fingerprint density at radius 3 is 2.65 bits per heavy atom. The molecule has 3 heteroatoms. The number of hydrogen-bond donors (Lipinski definition) is 1. The van der Waals surface area contributed by atoms with Crippen LogP contribution in [0.5, 0.6) is 0 Å². The summed E-state index contributed by atoms with van der Waals surface area (Å²) in [5, 5.41) is 3.47. The van der Waals surface area contributed by atoms with Crippen molar-refractivity contribution in [2.45, 2.75) is 65.5 Å². The highest BCUT2D eigenvalue weighted by atomic mass is 15.1. The van der Waals surface area contributed by atoms with E-state index in [1.165, 1.54) is 38.5 Å². The zero-order valence-electron chi connectivity index (χ0n) is 11.4. The lowest BCUT2D eigenvalue weighted by molar-refractivity contribution is 0.555. The molecule has 0 saturated heterocycles. The van der Waals surface area contributed by atoms with E-state index in [-0.39, 0.29) is 0 Å². The number of nitrogens with zero attached hydrogens (tertiary/aromatic N) is 2. The summed E-state index contributed by atoms with van der Waals surface area (Å²) in [7, 11) is 0. The Morgan fingerprint density at radius 2 is 1.88 bits per heavy atom. The van der Waals surface area contributed by atoms with Gasteiger partial charge < -0.3 is 9.88 Å². The molecule has 17 heavy (non-hydrogen) atoms. The van der Waals surface area contributed by atoms with Crippen molar-refractivity contribution in [3.63, 3.8) is 0 Å². The van der Waals surface area contributed by atoms with E-state index < -0.39 is 0 Å². The van der Waals surface area contributed by atoms with Crippen LogP contribution in [-0.4, -0.2) is 16.1 Å². The first-order valence-corrected chi connectivity index (χ1v) is 7.09. The van der Waals surface area contributed by atoms with Crippen LogP contribution in [0.4, 0.5) is 0 Å². The van der Waals surface area contributed by atoms with Gasteiger partial charge in [-0.2, -0.15) is 0 Å². The highest BCUT2D eigenvalue weighted by molar-refractivity contribution is 4.91. The van der Waals surface area contributed by atoms with E-state index in [4.69, 9.17) is 0 Å². The van der Waals surface area contributed by atoms with Gasteiger partial charge in [0.2, 0.25) is 0 Å². The van der Waals surface area contributed by atoms with Gasteiger partial charge in [0.05, 0.1) is 6.54 Å². The van der Waals surface area contributed by atoms with Crippen LogP contribution in [0.25, 0.3) is 0 Å². The lowest BCUT2D eigenvalue weighted by Crippen LogP contribution is -2.17. The smallest absolute Gasteiger partial charge is 0.122 e. The third kappa shape index (κ3) is 5.87. The normalized spacial score (nSPS) is 10.9. The van der Waals surface area contributed by atoms with Gasteiger partial charge >= 0.3 is 0 Å². The zero-order valence-corrected chi connectivity index (χ0v) is 11.4. The molecule has 0 aliphatic heterocycles. The van der Waals surface area contributed by atoms with Crippen molar-refractivity contribution in [1.82, 2.24) is 14.9 Å². The van der Waals surface area contributed by atoms with Crippen molar-refractivity contribution in [3.8, 4) is 0 Å². The Labute approximate surface area is 106 Å². The average molecular weight is 237 g/mol. The topological polar surface area (TPSA) is 29.9 Å². The molecule has 0 fully saturated rings. The molecule has 0 saturated carbocycles. The van der Waals surface area contributed by atoms with Crippen LogP contribution in [0.2, 0.25) is 0 Å². The molecule has 1 heterocycles. The van der Waals surface area contributed by atoms with E-state index in [9.17, 15) is 0 Å². The molecule has 0 aliphatic rings. The van der Waals surface area contributed by atoms with Gasteiger partial charge in [-0.1, -0.05) is 39.0 Å². The number of aryl methyl sites for hydroxylation is 1. The third-order valence-corrected chi connectivity index (χ3v) is 3.13. The minimum atomic E-state index is 0.899. The molecule has 3 nitrogen and oxygen atoms in total. The van der Waals surface area contributed by atoms with Gasteiger partial charge in [0.25, 0.3) is 0 Å². The monoisotopic (exact) mass is 237 g/mol. The van der Waals surface area contributed by atoms with Crippen molar-refractivity contribution in [2.75, 3.05) is 6.54 Å². The van der Waals surface area contributed by atoms with Gasteiger partial charge in [-0.05, 0) is 19.9 Å². The summed E-state index contributed by atoms with van der Waals surface area (Å²) in [5.41, 5.74) is 0. The lowest BCUT2D eigenvalue weighted by atomic mass is 10.1. The summed E-state index contributed by atoms with van der Waals surface area (Å²) in [4.78, 5) is 4.35. The van der Waals surface area contributed by atoms with E-state index >= 15 is 0 Å². The van der Waals surface area contributed by atoms with Crippen LogP contribution < -0.4 is 5.32 Å². The van der Waals surface area contributed by atoms with Crippen molar-refractivity contribution in [2.24, 2.45) is 0 Å². The Kier molecular flexibility index (Phi) is 7.72. The van der Waals surface area contributed by atoms with E-state index in [0.29, 0.717) is 0 Å². The van der Waals surface area contributed by atoms with Gasteiger partial charge in [0, 0.05) is 18.9 Å². The van der Waals surface area contributed by atoms with E-state index in [1.54, 1.807) is 0 Å². The Hall–Kier alpha value is -0.830. The van der Waals surface area contributed by atoms with Crippen molar-refractivity contribution in [1.29, 1.82) is 0 Å². The predicted molar refractivity (Wildman–Crippen MR) is 73.0 cm³/mol. The van der Waals surface area contributed by atoms with Crippen LogP contribution in [-0.2, 0) is 13.1 Å². The SMILES string of the molecule is CCCCCCCCNCc1nccn1CC. The number of aromatic nitrogens is 2. The molecular weight excluding hydrogens is 210 g/mol. The molecule has 1 aromatic rings. The number of imidazole rings is 1. The molecule has 0 unspecified atom stereocenters. The van der Waals surface area contributed by atoms with E-state index in [1.807, 2.05) is 12.4 Å². The molecule has 1 rings (SSSR count). The number of unbranched alkanes of at least 4 members (excludes halogenated alkanes) is 5. The molecule has 0 amide bonds. The fraction of sp³-hybridized carbons (Fsp3) is 0.786. The third-order valence-electron chi connectivity index (χ3n) is 3.13. The van der Waals surface area contributed by atoms with Crippen molar-refractivity contribution in [3.05, 3.63) is 18.2 Å². The number of hydrogen-bond acceptors (Lipinski definition) is 2. The molecule has 98 valence electrons. The summed E-state index contributed by atoms with van der Waals surface area (Å²) in [6.07, 6.45) is 12.1. The van der Waals surface area contributed by atoms with Crippen LogP contribution >= 0.6 is 0 Å². The first-order chi connectivity index (χ1) is 8.38. The van der Waals surface area contributed by atoms with Gasteiger partial charge in [-0.25, -0.2) is 4.98 Å². The average Bonchev–Trinajstić information content (AvgIpc) is 2.80. The summed E-state index contributed by atoms with van der Waals surface area (Å²) in [5.74, 6) is 1.15. The summed E-state index contributed by atoms with van der Waals surface area (Å²) >= 11 is 0. The Bertz CT molecular complexity index is 281. The Morgan fingerprint density at radius 1 is 1.12 bits per heavy atom. The number of nitrogens with one attached hydrogen (secondary N) is 1. The zero-order chi connectivity index (χ0) is 12.3. The van der Waals surface area contributed by atoms with E-state index in [2.05, 4.69) is 28.7 Å². The molecule has 1 N–H and O–H groups in total. The molecule has 0 atom stereocenters. The van der Waals surface area contributed by atoms with E-state index in [0.717, 1.165) is 25.5 Å². The fourth-order valence-electron chi connectivity index (χ4n) is 2.03. The van der Waals surface area contributed by atoms with Crippen LogP contribution in [0.15, 0.2) is 12.4 Å². The quantitative estimate of drug-likeness (QED) is 0.632. The van der Waals surface area contributed by atoms with Crippen LogP contribution in [0.1, 0.15) is 58.2 Å². The number of rotatable bonds is 10. The highest BCUT2D eigenvalue weighted by Crippen LogP contribution is 2.04. The fourth-order valence-corrected chi connectivity index (χ4v) is 2.03. The maximum absolute atomic E-state index is 4.35. The second-order valence-electron chi connectivity index (χ2n) is 4.57. The summed E-state index contributed by atoms with van der Waals surface area (Å²) in [6, 6.07) is 0. The van der Waals surface area contributed by atoms with Crippen molar-refractivity contribution >= 4 is 0 Å². The molecule has 0 spiro atoms. The van der Waals surface area contributed by atoms with Gasteiger partial charge in [-0.3, -0.25) is 0 Å². The molecule has 0 radical (unpaired) electrons. The first kappa shape index (κ1) is 14.2. The maximum atomic E-state index is 4.35. The van der Waals surface area contributed by atoms with Crippen molar-refractivity contribution < 1.29 is 0 Å². The van der Waals surface area contributed by atoms with Gasteiger partial charge in [0.1, 0.15) is 5.82 Å². The molecule has 0 aromatic carbocycles. The Balaban J connectivity index is 1.97. The molecule has 0 bridgehead atoms. The molecule has 0 aliphatic carbocycles. The molecule has 1 aromatic heterocycles. The molecular formula is C14H27N3. The lowest BCUT2D eigenvalue weighted by Gasteiger charge is -2.06. The minimum absolute atomic E-state index is 0.899. The second-order valence-corrected chi connectivity index (χ2v) is 4.57. The largest absolute Gasteiger partial charge is 0.334 e. The minimum Gasteiger partial charge on any atom is -0.334 e. The predicted octanol–water partition coefficient (Wildman–Crippen LogP) is 3.35.